The second-order valence-electron chi connectivity index (χ2n) is 7.58. The number of rotatable bonds is 5. The van der Waals surface area contributed by atoms with E-state index in [0.717, 1.165) is 48.1 Å². The molecule has 1 aliphatic rings. The molecule has 0 spiro atoms. The number of hydrogen-bond acceptors (Lipinski definition) is 2. The first-order chi connectivity index (χ1) is 14.2. The number of alkyl halides is 3. The molecule has 0 aromatic heterocycles. The maximum absolute atomic E-state index is 13.0. The zero-order chi connectivity index (χ0) is 21.7. The lowest BCUT2D eigenvalue weighted by Gasteiger charge is -2.37. The minimum Gasteiger partial charge on any atom is -0.332 e. The van der Waals surface area contributed by atoms with Crippen LogP contribution in [0.2, 0.25) is 0 Å². The molecule has 7 heteroatoms. The fourth-order valence-electron chi connectivity index (χ4n) is 3.53. The highest BCUT2D eigenvalue weighted by Gasteiger charge is 2.30. The van der Waals surface area contributed by atoms with Crippen molar-refractivity contribution in [2.75, 3.05) is 20.1 Å². The van der Waals surface area contributed by atoms with Crippen LogP contribution in [0.3, 0.4) is 0 Å². The summed E-state index contributed by atoms with van der Waals surface area (Å²) in [6, 6.07) is 12.8. The highest BCUT2D eigenvalue weighted by molar-refractivity contribution is 9.10. The SMILES string of the molecule is CN1CCC(N(Cc2ccc(Br)cc2)C(=O)/C=C/c2ccc(C(F)(F)F)cc2)CC1. The molecule has 0 radical (unpaired) electrons. The Kier molecular flexibility index (Phi) is 7.36. The van der Waals surface area contributed by atoms with E-state index >= 15 is 0 Å². The highest BCUT2D eigenvalue weighted by atomic mass is 79.9. The minimum atomic E-state index is -4.37. The van der Waals surface area contributed by atoms with Gasteiger partial charge in [-0.25, -0.2) is 0 Å². The van der Waals surface area contributed by atoms with Crippen molar-refractivity contribution >= 4 is 27.9 Å². The number of carbonyl (C=O) groups is 1. The standard InChI is InChI=1S/C23H24BrF3N2O/c1-28-14-12-21(13-15-28)29(16-18-4-9-20(24)10-5-18)22(30)11-6-17-2-7-19(8-3-17)23(25,26)27/h2-11,21H,12-16H2,1H3/b11-6+. The van der Waals surface area contributed by atoms with E-state index in [4.69, 9.17) is 0 Å². The molecule has 1 heterocycles. The molecule has 3 rings (SSSR count). The van der Waals surface area contributed by atoms with Crippen LogP contribution in [0.1, 0.15) is 29.5 Å². The topological polar surface area (TPSA) is 23.6 Å². The van der Waals surface area contributed by atoms with Crippen LogP contribution >= 0.6 is 15.9 Å². The summed E-state index contributed by atoms with van der Waals surface area (Å²) in [6.45, 7) is 2.35. The third-order valence-corrected chi connectivity index (χ3v) is 5.86. The lowest BCUT2D eigenvalue weighted by molar-refractivity contribution is -0.137. The van der Waals surface area contributed by atoms with E-state index in [0.29, 0.717) is 12.1 Å². The lowest BCUT2D eigenvalue weighted by atomic mass is 10.0. The molecule has 0 saturated carbocycles. The zero-order valence-corrected chi connectivity index (χ0v) is 18.3. The average molecular weight is 481 g/mol. The van der Waals surface area contributed by atoms with Gasteiger partial charge in [0, 0.05) is 23.1 Å². The summed E-state index contributed by atoms with van der Waals surface area (Å²) in [6.07, 6.45) is 0.458. The quantitative estimate of drug-likeness (QED) is 0.519. The minimum absolute atomic E-state index is 0.132. The molecule has 0 bridgehead atoms. The predicted octanol–water partition coefficient (Wildman–Crippen LogP) is 5.60. The van der Waals surface area contributed by atoms with Gasteiger partial charge in [0.1, 0.15) is 0 Å². The number of carbonyl (C=O) groups excluding carboxylic acids is 1. The van der Waals surface area contributed by atoms with E-state index in [1.165, 1.54) is 18.2 Å². The Balaban J connectivity index is 1.75. The number of benzene rings is 2. The Hall–Kier alpha value is -2.12. The molecule has 1 fully saturated rings. The Morgan fingerprint density at radius 1 is 1.10 bits per heavy atom. The fraction of sp³-hybridized carbons (Fsp3) is 0.348. The third kappa shape index (κ3) is 6.19. The first-order valence-corrected chi connectivity index (χ1v) is 10.6. The maximum Gasteiger partial charge on any atom is 0.416 e. The molecule has 3 nitrogen and oxygen atoms in total. The van der Waals surface area contributed by atoms with E-state index < -0.39 is 11.7 Å². The van der Waals surface area contributed by atoms with Gasteiger partial charge < -0.3 is 9.80 Å². The summed E-state index contributed by atoms with van der Waals surface area (Å²) >= 11 is 3.42. The van der Waals surface area contributed by atoms with Crippen LogP contribution in [-0.4, -0.2) is 41.9 Å². The normalized spacial score (nSPS) is 16.2. The molecule has 30 heavy (non-hydrogen) atoms. The smallest absolute Gasteiger partial charge is 0.332 e. The molecule has 0 atom stereocenters. The van der Waals surface area contributed by atoms with Crippen molar-refractivity contribution in [3.8, 4) is 0 Å². The second-order valence-corrected chi connectivity index (χ2v) is 8.50. The molecule has 2 aromatic carbocycles. The second kappa shape index (κ2) is 9.79. The molecule has 1 aliphatic heterocycles. The molecule has 0 N–H and O–H groups in total. The van der Waals surface area contributed by atoms with Crippen molar-refractivity contribution < 1.29 is 18.0 Å². The number of amides is 1. The first kappa shape index (κ1) is 22.6. The Morgan fingerprint density at radius 2 is 1.70 bits per heavy atom. The summed E-state index contributed by atoms with van der Waals surface area (Å²) in [5.41, 5.74) is 0.894. The van der Waals surface area contributed by atoms with Gasteiger partial charge in [0.05, 0.1) is 5.56 Å². The number of hydrogen-bond donors (Lipinski definition) is 0. The van der Waals surface area contributed by atoms with Crippen LogP contribution in [-0.2, 0) is 17.5 Å². The fourth-order valence-corrected chi connectivity index (χ4v) is 3.79. The van der Waals surface area contributed by atoms with Gasteiger partial charge >= 0.3 is 6.18 Å². The monoisotopic (exact) mass is 480 g/mol. The van der Waals surface area contributed by atoms with Crippen LogP contribution < -0.4 is 0 Å². The van der Waals surface area contributed by atoms with Gasteiger partial charge in [0.25, 0.3) is 0 Å². The van der Waals surface area contributed by atoms with Crippen molar-refractivity contribution in [1.29, 1.82) is 0 Å². The van der Waals surface area contributed by atoms with Crippen LogP contribution in [0.5, 0.6) is 0 Å². The molecule has 0 unspecified atom stereocenters. The number of halogens is 4. The van der Waals surface area contributed by atoms with Crippen LogP contribution in [0.4, 0.5) is 13.2 Å². The number of nitrogens with zero attached hydrogens (tertiary/aromatic N) is 2. The highest BCUT2D eigenvalue weighted by Crippen LogP contribution is 2.29. The van der Waals surface area contributed by atoms with Crippen molar-refractivity contribution in [3.05, 3.63) is 75.8 Å². The summed E-state index contributed by atoms with van der Waals surface area (Å²) in [4.78, 5) is 17.1. The van der Waals surface area contributed by atoms with Gasteiger partial charge in [-0.05, 0) is 74.4 Å². The molecule has 0 aliphatic carbocycles. The summed E-state index contributed by atoms with van der Waals surface area (Å²) in [7, 11) is 2.07. The van der Waals surface area contributed by atoms with Crippen molar-refractivity contribution in [2.45, 2.75) is 31.6 Å². The number of likely N-dealkylation sites (tertiary alicyclic amines) is 1. The molecule has 160 valence electrons. The van der Waals surface area contributed by atoms with E-state index in [1.807, 2.05) is 29.2 Å². The first-order valence-electron chi connectivity index (χ1n) is 9.81. The van der Waals surface area contributed by atoms with Gasteiger partial charge in [-0.1, -0.05) is 40.2 Å². The largest absolute Gasteiger partial charge is 0.416 e. The third-order valence-electron chi connectivity index (χ3n) is 5.33. The Bertz CT molecular complexity index is 871. The van der Waals surface area contributed by atoms with Crippen LogP contribution in [0, 0.1) is 0 Å². The maximum atomic E-state index is 13.0. The Labute approximate surface area is 183 Å². The average Bonchev–Trinajstić information content (AvgIpc) is 2.72. The predicted molar refractivity (Wildman–Crippen MR) is 116 cm³/mol. The molecular weight excluding hydrogens is 457 g/mol. The number of piperidine rings is 1. The Morgan fingerprint density at radius 3 is 2.27 bits per heavy atom. The van der Waals surface area contributed by atoms with Gasteiger partial charge in [-0.2, -0.15) is 13.2 Å². The van der Waals surface area contributed by atoms with Crippen LogP contribution in [0.15, 0.2) is 59.1 Å². The van der Waals surface area contributed by atoms with Crippen molar-refractivity contribution in [1.82, 2.24) is 9.80 Å². The van der Waals surface area contributed by atoms with Crippen molar-refractivity contribution in [3.63, 3.8) is 0 Å². The molecule has 2 aromatic rings. The molecule has 1 amide bonds. The van der Waals surface area contributed by atoms with E-state index in [9.17, 15) is 18.0 Å². The summed E-state index contributed by atoms with van der Waals surface area (Å²) < 4.78 is 39.1. The zero-order valence-electron chi connectivity index (χ0n) is 16.7. The molecular formula is C23H24BrF3N2O. The van der Waals surface area contributed by atoms with Gasteiger partial charge in [-0.3, -0.25) is 4.79 Å². The van der Waals surface area contributed by atoms with Gasteiger partial charge in [0.15, 0.2) is 0 Å². The summed E-state index contributed by atoms with van der Waals surface area (Å²) in [5.74, 6) is -0.132. The van der Waals surface area contributed by atoms with E-state index in [2.05, 4.69) is 27.9 Å². The van der Waals surface area contributed by atoms with E-state index in [-0.39, 0.29) is 11.9 Å². The van der Waals surface area contributed by atoms with E-state index in [1.54, 1.807) is 6.08 Å². The van der Waals surface area contributed by atoms with Crippen molar-refractivity contribution in [2.24, 2.45) is 0 Å². The molecule has 1 saturated heterocycles. The van der Waals surface area contributed by atoms with Gasteiger partial charge in [0.2, 0.25) is 5.91 Å². The summed E-state index contributed by atoms with van der Waals surface area (Å²) in [5, 5.41) is 0. The van der Waals surface area contributed by atoms with Gasteiger partial charge in [-0.15, -0.1) is 0 Å². The van der Waals surface area contributed by atoms with Crippen LogP contribution in [0.25, 0.3) is 6.08 Å². The lowest BCUT2D eigenvalue weighted by Crippen LogP contribution is -2.45.